The molecule has 0 aliphatic heterocycles. The van der Waals surface area contributed by atoms with E-state index in [-0.39, 0.29) is 22.8 Å². The van der Waals surface area contributed by atoms with Gasteiger partial charge >= 0.3 is 0 Å². The molecule has 4 nitrogen and oxygen atoms in total. The minimum Gasteiger partial charge on any atom is -0.389 e. The van der Waals surface area contributed by atoms with Crippen LogP contribution in [0.1, 0.15) is 21.6 Å². The van der Waals surface area contributed by atoms with Crippen LogP contribution in [0.25, 0.3) is 0 Å². The average Bonchev–Trinajstić information content (AvgIpc) is 2.48. The Balaban J connectivity index is 2.04. The van der Waals surface area contributed by atoms with Gasteiger partial charge in [0.25, 0.3) is 5.91 Å². The fourth-order valence-corrected chi connectivity index (χ4v) is 1.74. The number of hydrogen-bond donors (Lipinski definition) is 2. The fraction of sp³-hybridized carbons (Fsp3) is 0.0714. The van der Waals surface area contributed by atoms with Gasteiger partial charge in [-0.1, -0.05) is 12.2 Å². The Labute approximate surface area is 125 Å². The Hall–Kier alpha value is -2.41. The summed E-state index contributed by atoms with van der Waals surface area (Å²) in [5.41, 5.74) is 6.15. The third kappa shape index (κ3) is 3.79. The van der Waals surface area contributed by atoms with Crippen molar-refractivity contribution in [2.45, 2.75) is 6.54 Å². The molecule has 0 unspecified atom stereocenters. The minimum atomic E-state index is -0.589. The van der Waals surface area contributed by atoms with Crippen LogP contribution >= 0.6 is 12.2 Å². The maximum absolute atomic E-state index is 13.4. The number of aromatic nitrogens is 1. The molecule has 0 atom stereocenters. The van der Waals surface area contributed by atoms with Gasteiger partial charge in [-0.05, 0) is 30.3 Å². The van der Waals surface area contributed by atoms with Gasteiger partial charge in [0, 0.05) is 23.9 Å². The molecule has 1 amide bonds. The number of amides is 1. The standard InChI is InChI=1S/C14H11F2N3OS/c15-10-2-3-11(16)9(5-10)7-19-14(20)12-4-1-8(6-18-12)13(17)21/h1-6H,7H2,(H2,17,21)(H,19,20). The summed E-state index contributed by atoms with van der Waals surface area (Å²) in [5.74, 6) is -1.67. The van der Waals surface area contributed by atoms with Crippen molar-refractivity contribution in [3.8, 4) is 0 Å². The zero-order valence-electron chi connectivity index (χ0n) is 10.8. The Morgan fingerprint density at radius 1 is 1.29 bits per heavy atom. The predicted octanol–water partition coefficient (Wildman–Crippen LogP) is 1.92. The molecule has 3 N–H and O–H groups in total. The summed E-state index contributed by atoms with van der Waals surface area (Å²) < 4.78 is 26.4. The van der Waals surface area contributed by atoms with E-state index in [1.54, 1.807) is 6.07 Å². The highest BCUT2D eigenvalue weighted by atomic mass is 32.1. The van der Waals surface area contributed by atoms with Crippen LogP contribution < -0.4 is 11.1 Å². The van der Waals surface area contributed by atoms with E-state index >= 15 is 0 Å². The molecule has 0 saturated carbocycles. The summed E-state index contributed by atoms with van der Waals surface area (Å²) >= 11 is 4.77. The van der Waals surface area contributed by atoms with E-state index < -0.39 is 17.5 Å². The molecule has 1 aromatic carbocycles. The monoisotopic (exact) mass is 307 g/mol. The average molecular weight is 307 g/mol. The van der Waals surface area contributed by atoms with E-state index in [4.69, 9.17) is 18.0 Å². The second kappa shape index (κ2) is 6.36. The first-order valence-electron chi connectivity index (χ1n) is 5.95. The third-order valence-corrected chi connectivity index (χ3v) is 2.96. The van der Waals surface area contributed by atoms with Gasteiger partial charge in [0.15, 0.2) is 0 Å². The van der Waals surface area contributed by atoms with Crippen LogP contribution in [0.15, 0.2) is 36.5 Å². The summed E-state index contributed by atoms with van der Waals surface area (Å²) in [6, 6.07) is 6.06. The van der Waals surface area contributed by atoms with Crippen molar-refractivity contribution < 1.29 is 13.6 Å². The summed E-state index contributed by atoms with van der Waals surface area (Å²) in [6.45, 7) is -0.138. The molecule has 1 aromatic heterocycles. The van der Waals surface area contributed by atoms with Gasteiger partial charge in [-0.15, -0.1) is 0 Å². The number of carbonyl (C=O) groups is 1. The van der Waals surface area contributed by atoms with E-state index in [9.17, 15) is 13.6 Å². The Morgan fingerprint density at radius 2 is 2.05 bits per heavy atom. The first-order chi connectivity index (χ1) is 9.97. The van der Waals surface area contributed by atoms with E-state index in [1.165, 1.54) is 12.3 Å². The number of halogens is 2. The van der Waals surface area contributed by atoms with Crippen molar-refractivity contribution >= 4 is 23.1 Å². The van der Waals surface area contributed by atoms with Crippen LogP contribution in [0.4, 0.5) is 8.78 Å². The SMILES string of the molecule is NC(=S)c1ccc(C(=O)NCc2cc(F)ccc2F)nc1. The molecule has 0 radical (unpaired) electrons. The lowest BCUT2D eigenvalue weighted by Gasteiger charge is -2.06. The lowest BCUT2D eigenvalue weighted by Crippen LogP contribution is -2.24. The van der Waals surface area contributed by atoms with Gasteiger partial charge in [0.05, 0.1) is 0 Å². The Kier molecular flexibility index (Phi) is 4.54. The van der Waals surface area contributed by atoms with Crippen molar-refractivity contribution in [1.82, 2.24) is 10.3 Å². The van der Waals surface area contributed by atoms with E-state index in [2.05, 4.69) is 10.3 Å². The number of benzene rings is 1. The van der Waals surface area contributed by atoms with E-state index in [1.807, 2.05) is 0 Å². The molecule has 0 bridgehead atoms. The van der Waals surface area contributed by atoms with Gasteiger partial charge in [-0.2, -0.15) is 0 Å². The van der Waals surface area contributed by atoms with Crippen molar-refractivity contribution in [3.05, 3.63) is 65.0 Å². The highest BCUT2D eigenvalue weighted by Crippen LogP contribution is 2.09. The lowest BCUT2D eigenvalue weighted by atomic mass is 10.2. The van der Waals surface area contributed by atoms with Crippen LogP contribution in [0.3, 0.4) is 0 Å². The first kappa shape index (κ1) is 15.0. The predicted molar refractivity (Wildman–Crippen MR) is 77.7 cm³/mol. The van der Waals surface area contributed by atoms with Crippen molar-refractivity contribution in [2.75, 3.05) is 0 Å². The van der Waals surface area contributed by atoms with E-state index in [0.29, 0.717) is 5.56 Å². The lowest BCUT2D eigenvalue weighted by molar-refractivity contribution is 0.0945. The molecular formula is C14H11F2N3OS. The van der Waals surface area contributed by atoms with Crippen molar-refractivity contribution in [3.63, 3.8) is 0 Å². The van der Waals surface area contributed by atoms with Crippen LogP contribution in [-0.2, 0) is 6.54 Å². The maximum Gasteiger partial charge on any atom is 0.270 e. The number of rotatable bonds is 4. The van der Waals surface area contributed by atoms with Crippen LogP contribution in [-0.4, -0.2) is 15.9 Å². The molecule has 0 saturated heterocycles. The van der Waals surface area contributed by atoms with E-state index in [0.717, 1.165) is 18.2 Å². The number of pyridine rings is 1. The van der Waals surface area contributed by atoms with Gasteiger partial charge in [-0.3, -0.25) is 9.78 Å². The molecule has 2 aromatic rings. The molecule has 21 heavy (non-hydrogen) atoms. The second-order valence-corrected chi connectivity index (χ2v) is 4.65. The normalized spacial score (nSPS) is 10.2. The van der Waals surface area contributed by atoms with Crippen LogP contribution in [0, 0.1) is 11.6 Å². The molecular weight excluding hydrogens is 296 g/mol. The number of nitrogens with two attached hydrogens (primary N) is 1. The molecule has 1 heterocycles. The smallest absolute Gasteiger partial charge is 0.270 e. The molecule has 0 aliphatic rings. The maximum atomic E-state index is 13.4. The highest BCUT2D eigenvalue weighted by Gasteiger charge is 2.10. The molecule has 2 rings (SSSR count). The van der Waals surface area contributed by atoms with Gasteiger partial charge in [-0.25, -0.2) is 8.78 Å². The minimum absolute atomic E-state index is 0.0584. The quantitative estimate of drug-likeness (QED) is 0.847. The molecule has 7 heteroatoms. The topological polar surface area (TPSA) is 68.0 Å². The summed E-state index contributed by atoms with van der Waals surface area (Å²) in [5, 5.41) is 2.46. The third-order valence-electron chi connectivity index (χ3n) is 2.73. The fourth-order valence-electron chi connectivity index (χ4n) is 1.62. The van der Waals surface area contributed by atoms with Gasteiger partial charge < -0.3 is 11.1 Å². The second-order valence-electron chi connectivity index (χ2n) is 4.21. The van der Waals surface area contributed by atoms with Crippen molar-refractivity contribution in [1.29, 1.82) is 0 Å². The molecule has 0 fully saturated rings. The van der Waals surface area contributed by atoms with Crippen LogP contribution in [0.2, 0.25) is 0 Å². The number of nitrogens with zero attached hydrogens (tertiary/aromatic N) is 1. The van der Waals surface area contributed by atoms with Gasteiger partial charge in [0.2, 0.25) is 0 Å². The van der Waals surface area contributed by atoms with Crippen LogP contribution in [0.5, 0.6) is 0 Å². The van der Waals surface area contributed by atoms with Crippen molar-refractivity contribution in [2.24, 2.45) is 5.73 Å². The first-order valence-corrected chi connectivity index (χ1v) is 6.36. The largest absolute Gasteiger partial charge is 0.389 e. The molecule has 108 valence electrons. The zero-order chi connectivity index (χ0) is 15.4. The number of thiocarbonyl (C=S) groups is 1. The molecule has 0 aliphatic carbocycles. The zero-order valence-corrected chi connectivity index (χ0v) is 11.6. The Morgan fingerprint density at radius 3 is 2.67 bits per heavy atom. The number of carbonyl (C=O) groups excluding carboxylic acids is 1. The van der Waals surface area contributed by atoms with Gasteiger partial charge in [0.1, 0.15) is 22.3 Å². The molecule has 0 spiro atoms. The summed E-state index contributed by atoms with van der Waals surface area (Å²) in [4.78, 5) is 15.9. The number of hydrogen-bond acceptors (Lipinski definition) is 3. The number of nitrogens with one attached hydrogen (secondary N) is 1. The highest BCUT2D eigenvalue weighted by molar-refractivity contribution is 7.80. The summed E-state index contributed by atoms with van der Waals surface area (Å²) in [7, 11) is 0. The Bertz CT molecular complexity index is 689. The summed E-state index contributed by atoms with van der Waals surface area (Å²) in [6.07, 6.45) is 1.38.